The van der Waals surface area contributed by atoms with E-state index < -0.39 is 5.97 Å². The van der Waals surface area contributed by atoms with E-state index in [-0.39, 0.29) is 19.4 Å². The molecule has 2 rings (SSSR count). The predicted molar refractivity (Wildman–Crippen MR) is 66.0 cm³/mol. The molecule has 0 saturated carbocycles. The molecule has 1 N–H and O–H groups in total. The van der Waals surface area contributed by atoms with Gasteiger partial charge in [-0.2, -0.15) is 0 Å². The number of carboxylic acid groups (broad SMARTS) is 1. The van der Waals surface area contributed by atoms with Crippen molar-refractivity contribution < 1.29 is 19.4 Å². The highest BCUT2D eigenvalue weighted by Gasteiger charge is 2.16. The maximum atomic E-state index is 10.6. The number of carbonyl (C=O) groups is 1. The first-order valence-corrected chi connectivity index (χ1v) is 5.87. The van der Waals surface area contributed by atoms with Crippen LogP contribution in [-0.4, -0.2) is 42.4 Å². The van der Waals surface area contributed by atoms with Crippen molar-refractivity contribution in [1.29, 1.82) is 0 Å². The molecule has 0 bridgehead atoms. The van der Waals surface area contributed by atoms with Crippen molar-refractivity contribution >= 4 is 5.97 Å². The maximum absolute atomic E-state index is 10.6. The molecule has 1 aromatic rings. The molecule has 0 amide bonds. The normalized spacial score (nSPS) is 14.8. The summed E-state index contributed by atoms with van der Waals surface area (Å²) in [5, 5.41) is 8.75. The lowest BCUT2D eigenvalue weighted by atomic mass is 10.1. The van der Waals surface area contributed by atoms with E-state index in [1.54, 1.807) is 0 Å². The molecule has 0 aromatic heterocycles. The summed E-state index contributed by atoms with van der Waals surface area (Å²) in [5.74, 6) is 0.723. The molecule has 5 heteroatoms. The molecule has 0 fully saturated rings. The molecule has 1 aromatic carbocycles. The van der Waals surface area contributed by atoms with Crippen molar-refractivity contribution in [2.24, 2.45) is 0 Å². The number of hydrogen-bond donors (Lipinski definition) is 1. The predicted octanol–water partition coefficient (Wildman–Crippen LogP) is 1.36. The van der Waals surface area contributed by atoms with Gasteiger partial charge in [-0.15, -0.1) is 0 Å². The van der Waals surface area contributed by atoms with E-state index in [0.29, 0.717) is 0 Å². The number of nitrogens with zero attached hydrogens (tertiary/aromatic N) is 1. The van der Waals surface area contributed by atoms with Crippen LogP contribution in [0.1, 0.15) is 12.5 Å². The second-order valence-electron chi connectivity index (χ2n) is 4.55. The van der Waals surface area contributed by atoms with E-state index in [4.69, 9.17) is 14.6 Å². The number of aliphatic carboxylic acids is 1. The standard InChI is InChI=1S/C13H17NO4/c1-9(14(2)7-13(15)16)5-10-3-4-11-12(6-10)18-8-17-11/h3-4,6,9H,5,7-8H2,1-2H3,(H,15,16). The second kappa shape index (κ2) is 5.27. The van der Waals surface area contributed by atoms with Gasteiger partial charge in [-0.1, -0.05) is 6.07 Å². The fraction of sp³-hybridized carbons (Fsp3) is 0.462. The van der Waals surface area contributed by atoms with Gasteiger partial charge in [-0.05, 0) is 38.1 Å². The Morgan fingerprint density at radius 3 is 2.89 bits per heavy atom. The van der Waals surface area contributed by atoms with Crippen molar-refractivity contribution in [1.82, 2.24) is 4.90 Å². The van der Waals surface area contributed by atoms with Crippen molar-refractivity contribution in [2.75, 3.05) is 20.4 Å². The van der Waals surface area contributed by atoms with Crippen molar-refractivity contribution in [3.05, 3.63) is 23.8 Å². The zero-order chi connectivity index (χ0) is 13.1. The van der Waals surface area contributed by atoms with Crippen LogP contribution in [0.25, 0.3) is 0 Å². The molecule has 1 aliphatic rings. The molecule has 1 unspecified atom stereocenters. The number of hydrogen-bond acceptors (Lipinski definition) is 4. The molecule has 18 heavy (non-hydrogen) atoms. The van der Waals surface area contributed by atoms with Crippen LogP contribution in [0.2, 0.25) is 0 Å². The summed E-state index contributed by atoms with van der Waals surface area (Å²) in [4.78, 5) is 12.5. The van der Waals surface area contributed by atoms with Gasteiger partial charge in [0.1, 0.15) is 0 Å². The molecule has 0 saturated heterocycles. The van der Waals surface area contributed by atoms with Gasteiger partial charge in [0.15, 0.2) is 11.5 Å². The van der Waals surface area contributed by atoms with Gasteiger partial charge in [0.2, 0.25) is 6.79 Å². The summed E-state index contributed by atoms with van der Waals surface area (Å²) in [6.07, 6.45) is 0.778. The first kappa shape index (κ1) is 12.7. The monoisotopic (exact) mass is 251 g/mol. The maximum Gasteiger partial charge on any atom is 0.317 e. The van der Waals surface area contributed by atoms with Crippen LogP contribution in [-0.2, 0) is 11.2 Å². The van der Waals surface area contributed by atoms with E-state index in [1.807, 2.05) is 37.1 Å². The highest BCUT2D eigenvalue weighted by molar-refractivity contribution is 5.69. The third-order valence-electron chi connectivity index (χ3n) is 3.11. The minimum absolute atomic E-state index is 0.0473. The summed E-state index contributed by atoms with van der Waals surface area (Å²) < 4.78 is 10.6. The Kier molecular flexibility index (Phi) is 3.72. The number of carboxylic acids is 1. The fourth-order valence-corrected chi connectivity index (χ4v) is 1.93. The van der Waals surface area contributed by atoms with E-state index in [1.165, 1.54) is 0 Å². The third kappa shape index (κ3) is 2.92. The van der Waals surface area contributed by atoms with Gasteiger partial charge in [0.25, 0.3) is 0 Å². The zero-order valence-electron chi connectivity index (χ0n) is 10.5. The summed E-state index contributed by atoms with van der Waals surface area (Å²) in [6.45, 7) is 2.33. The Labute approximate surface area is 106 Å². The number of benzene rings is 1. The Morgan fingerprint density at radius 1 is 1.44 bits per heavy atom. The zero-order valence-corrected chi connectivity index (χ0v) is 10.5. The van der Waals surface area contributed by atoms with Gasteiger partial charge in [-0.3, -0.25) is 9.69 Å². The first-order valence-electron chi connectivity index (χ1n) is 5.87. The van der Waals surface area contributed by atoms with Gasteiger partial charge >= 0.3 is 5.97 Å². The molecule has 1 atom stereocenters. The average Bonchev–Trinajstić information content (AvgIpc) is 2.75. The van der Waals surface area contributed by atoms with E-state index in [0.717, 1.165) is 23.5 Å². The van der Waals surface area contributed by atoms with Gasteiger partial charge in [0, 0.05) is 6.04 Å². The smallest absolute Gasteiger partial charge is 0.317 e. The van der Waals surface area contributed by atoms with Crippen LogP contribution >= 0.6 is 0 Å². The van der Waals surface area contributed by atoms with Crippen LogP contribution in [0.15, 0.2) is 18.2 Å². The minimum Gasteiger partial charge on any atom is -0.480 e. The Hall–Kier alpha value is -1.75. The van der Waals surface area contributed by atoms with E-state index in [9.17, 15) is 4.79 Å². The fourth-order valence-electron chi connectivity index (χ4n) is 1.93. The highest BCUT2D eigenvalue weighted by Crippen LogP contribution is 2.32. The SMILES string of the molecule is CC(Cc1ccc2c(c1)OCO2)N(C)CC(=O)O. The summed E-state index contributed by atoms with van der Waals surface area (Å²) in [7, 11) is 1.81. The van der Waals surface area contributed by atoms with Crippen LogP contribution < -0.4 is 9.47 Å². The van der Waals surface area contributed by atoms with Crippen molar-refractivity contribution in [3.63, 3.8) is 0 Å². The lowest BCUT2D eigenvalue weighted by Crippen LogP contribution is -2.35. The third-order valence-corrected chi connectivity index (χ3v) is 3.11. The first-order chi connectivity index (χ1) is 8.56. The lowest BCUT2D eigenvalue weighted by Gasteiger charge is -2.22. The Balaban J connectivity index is 1.98. The van der Waals surface area contributed by atoms with Gasteiger partial charge < -0.3 is 14.6 Å². The molecule has 1 heterocycles. The number of rotatable bonds is 5. The summed E-state index contributed by atoms with van der Waals surface area (Å²) >= 11 is 0. The van der Waals surface area contributed by atoms with Crippen LogP contribution in [0.4, 0.5) is 0 Å². The second-order valence-corrected chi connectivity index (χ2v) is 4.55. The van der Waals surface area contributed by atoms with Crippen molar-refractivity contribution in [2.45, 2.75) is 19.4 Å². The molecule has 98 valence electrons. The van der Waals surface area contributed by atoms with Crippen LogP contribution in [0, 0.1) is 0 Å². The Bertz CT molecular complexity index is 447. The van der Waals surface area contributed by atoms with Crippen molar-refractivity contribution in [3.8, 4) is 11.5 Å². The van der Waals surface area contributed by atoms with E-state index in [2.05, 4.69) is 0 Å². The molecular weight excluding hydrogens is 234 g/mol. The minimum atomic E-state index is -0.810. The molecule has 0 spiro atoms. The lowest BCUT2D eigenvalue weighted by molar-refractivity contribution is -0.138. The molecule has 5 nitrogen and oxygen atoms in total. The molecule has 0 radical (unpaired) electrons. The van der Waals surface area contributed by atoms with Crippen LogP contribution in [0.5, 0.6) is 11.5 Å². The van der Waals surface area contributed by atoms with Crippen LogP contribution in [0.3, 0.4) is 0 Å². The van der Waals surface area contributed by atoms with Gasteiger partial charge in [-0.25, -0.2) is 0 Å². The summed E-state index contributed by atoms with van der Waals surface area (Å²) in [6, 6.07) is 5.98. The largest absolute Gasteiger partial charge is 0.480 e. The topological polar surface area (TPSA) is 59.0 Å². The Morgan fingerprint density at radius 2 is 2.17 bits per heavy atom. The number of fused-ring (bicyclic) bond motifs is 1. The molecule has 0 aliphatic carbocycles. The summed E-state index contributed by atoms with van der Waals surface area (Å²) in [5.41, 5.74) is 1.11. The highest BCUT2D eigenvalue weighted by atomic mass is 16.7. The number of ether oxygens (including phenoxy) is 2. The van der Waals surface area contributed by atoms with Gasteiger partial charge in [0.05, 0.1) is 6.54 Å². The quantitative estimate of drug-likeness (QED) is 0.856. The van der Waals surface area contributed by atoms with E-state index >= 15 is 0 Å². The molecule has 1 aliphatic heterocycles. The average molecular weight is 251 g/mol. The molecular formula is C13H17NO4. The number of likely N-dealkylation sites (N-methyl/N-ethyl adjacent to an activating group) is 1.